The van der Waals surface area contributed by atoms with E-state index in [2.05, 4.69) is 20.8 Å². The van der Waals surface area contributed by atoms with Gasteiger partial charge in [-0.25, -0.2) is 4.39 Å². The Morgan fingerprint density at radius 1 is 1.12 bits per heavy atom. The number of hydrogen-bond donors (Lipinski definition) is 2. The Kier molecular flexibility index (Phi) is 7.63. The lowest BCUT2D eigenvalue weighted by molar-refractivity contribution is -0.113. The third-order valence-electron chi connectivity index (χ3n) is 4.86. The van der Waals surface area contributed by atoms with Crippen molar-refractivity contribution in [3.63, 3.8) is 0 Å². The normalized spacial score (nSPS) is 11.9. The van der Waals surface area contributed by atoms with E-state index in [4.69, 9.17) is 0 Å². The van der Waals surface area contributed by atoms with Crippen molar-refractivity contribution in [3.8, 4) is 0 Å². The molecule has 0 aliphatic rings. The van der Waals surface area contributed by atoms with Crippen LogP contribution in [0.3, 0.4) is 0 Å². The number of hydrogen-bond acceptors (Lipinski definition) is 5. The highest BCUT2D eigenvalue weighted by Crippen LogP contribution is 2.25. The van der Waals surface area contributed by atoms with Gasteiger partial charge in [-0.05, 0) is 37.1 Å². The van der Waals surface area contributed by atoms with E-state index < -0.39 is 5.82 Å². The average molecular weight is 456 g/mol. The minimum atomic E-state index is -0.490. The van der Waals surface area contributed by atoms with Gasteiger partial charge in [-0.2, -0.15) is 0 Å². The summed E-state index contributed by atoms with van der Waals surface area (Å²) in [6.07, 6.45) is 0. The van der Waals surface area contributed by atoms with E-state index in [0.29, 0.717) is 16.5 Å². The van der Waals surface area contributed by atoms with E-state index in [1.165, 1.54) is 23.9 Å². The van der Waals surface area contributed by atoms with Gasteiger partial charge in [-0.3, -0.25) is 9.59 Å². The van der Waals surface area contributed by atoms with Gasteiger partial charge in [0.2, 0.25) is 5.91 Å². The van der Waals surface area contributed by atoms with E-state index in [0.717, 1.165) is 5.56 Å². The molecule has 1 aromatic heterocycles. The summed E-state index contributed by atoms with van der Waals surface area (Å²) in [5.74, 6) is -0.322. The van der Waals surface area contributed by atoms with E-state index in [9.17, 15) is 14.0 Å². The summed E-state index contributed by atoms with van der Waals surface area (Å²) >= 11 is 1.19. The molecular weight excluding hydrogens is 429 g/mol. The Bertz CT molecular complexity index is 1120. The van der Waals surface area contributed by atoms with Crippen molar-refractivity contribution in [2.45, 2.75) is 32.0 Å². The summed E-state index contributed by atoms with van der Waals surface area (Å²) in [4.78, 5) is 25.0. The lowest BCUT2D eigenvalue weighted by Crippen LogP contribution is -2.33. The largest absolute Gasteiger partial charge is 0.342 e. The van der Waals surface area contributed by atoms with Crippen molar-refractivity contribution in [2.75, 3.05) is 11.1 Å². The Labute approximate surface area is 190 Å². The molecule has 0 aliphatic heterocycles. The topological polar surface area (TPSA) is 88.9 Å². The lowest BCUT2D eigenvalue weighted by Gasteiger charge is -2.21. The first-order valence-electron chi connectivity index (χ1n) is 10.2. The van der Waals surface area contributed by atoms with Crippen LogP contribution >= 0.6 is 11.8 Å². The third-order valence-corrected chi connectivity index (χ3v) is 5.88. The number of carbonyl (C=O) groups is 2. The van der Waals surface area contributed by atoms with Gasteiger partial charge in [0, 0.05) is 12.6 Å². The van der Waals surface area contributed by atoms with Crippen LogP contribution in [0.5, 0.6) is 0 Å². The minimum Gasteiger partial charge on any atom is -0.342 e. The quantitative estimate of drug-likeness (QED) is 0.499. The van der Waals surface area contributed by atoms with Gasteiger partial charge in [0.15, 0.2) is 11.0 Å². The predicted octanol–water partition coefficient (Wildman–Crippen LogP) is 4.12. The molecule has 168 valence electrons. The number of aryl methyl sites for hydroxylation is 1. The third kappa shape index (κ3) is 5.73. The molecule has 7 nitrogen and oxygen atoms in total. The molecule has 0 radical (unpaired) electrons. The molecule has 9 heteroatoms. The van der Waals surface area contributed by atoms with Crippen LogP contribution in [0.15, 0.2) is 53.7 Å². The van der Waals surface area contributed by atoms with Gasteiger partial charge in [0.25, 0.3) is 5.91 Å². The monoisotopic (exact) mass is 455 g/mol. The smallest absolute Gasteiger partial charge is 0.251 e. The lowest BCUT2D eigenvalue weighted by atomic mass is 10.0. The molecule has 3 aromatic rings. The second-order valence-corrected chi connectivity index (χ2v) is 8.72. The van der Waals surface area contributed by atoms with E-state index in [1.54, 1.807) is 29.8 Å². The van der Waals surface area contributed by atoms with Crippen molar-refractivity contribution in [1.29, 1.82) is 0 Å². The van der Waals surface area contributed by atoms with Crippen molar-refractivity contribution < 1.29 is 14.0 Å². The Balaban J connectivity index is 1.67. The highest BCUT2D eigenvalue weighted by atomic mass is 32.2. The molecule has 0 bridgehead atoms. The summed E-state index contributed by atoms with van der Waals surface area (Å²) in [7, 11) is 1.79. The Morgan fingerprint density at radius 3 is 2.56 bits per heavy atom. The molecule has 3 rings (SSSR count). The molecule has 1 atom stereocenters. The molecule has 2 N–H and O–H groups in total. The van der Waals surface area contributed by atoms with E-state index in [1.807, 2.05) is 39.0 Å². The number of thioether (sulfide) groups is 1. The van der Waals surface area contributed by atoms with E-state index >= 15 is 0 Å². The van der Waals surface area contributed by atoms with Gasteiger partial charge in [-0.1, -0.05) is 55.4 Å². The SMILES string of the molecule is Cc1cccc(C(=O)NC(c2nnc(SCC(=O)Nc3ccccc3F)n2C)C(C)C)c1. The maximum Gasteiger partial charge on any atom is 0.251 e. The zero-order valence-corrected chi connectivity index (χ0v) is 19.2. The van der Waals surface area contributed by atoms with Gasteiger partial charge in [-0.15, -0.1) is 10.2 Å². The first-order chi connectivity index (χ1) is 15.3. The summed E-state index contributed by atoms with van der Waals surface area (Å²) in [6, 6.07) is 13.0. The van der Waals surface area contributed by atoms with Crippen molar-refractivity contribution in [1.82, 2.24) is 20.1 Å². The molecule has 0 saturated heterocycles. The van der Waals surface area contributed by atoms with Gasteiger partial charge < -0.3 is 15.2 Å². The molecule has 2 amide bonds. The van der Waals surface area contributed by atoms with Crippen LogP contribution in [0.2, 0.25) is 0 Å². The maximum atomic E-state index is 13.7. The first-order valence-corrected chi connectivity index (χ1v) is 11.2. The summed E-state index contributed by atoms with van der Waals surface area (Å²) < 4.78 is 15.5. The number of para-hydroxylation sites is 1. The first kappa shape index (κ1) is 23.5. The Morgan fingerprint density at radius 2 is 1.88 bits per heavy atom. The van der Waals surface area contributed by atoms with Gasteiger partial charge in [0.05, 0.1) is 17.5 Å². The summed E-state index contributed by atoms with van der Waals surface area (Å²) in [6.45, 7) is 5.92. The number of carbonyl (C=O) groups excluding carboxylic acids is 2. The standard InChI is InChI=1S/C23H26FN5O2S/c1-14(2)20(26-22(31)16-9-7-8-15(3)12-16)21-27-28-23(29(21)4)32-13-19(30)25-18-11-6-5-10-17(18)24/h5-12,14,20H,13H2,1-4H3,(H,25,30)(H,26,31). The molecule has 32 heavy (non-hydrogen) atoms. The van der Waals surface area contributed by atoms with Crippen LogP contribution < -0.4 is 10.6 Å². The highest BCUT2D eigenvalue weighted by molar-refractivity contribution is 7.99. The fraction of sp³-hybridized carbons (Fsp3) is 0.304. The number of amides is 2. The van der Waals surface area contributed by atoms with Crippen molar-refractivity contribution in [3.05, 3.63) is 71.3 Å². The molecule has 0 saturated carbocycles. The zero-order chi connectivity index (χ0) is 23.3. The summed E-state index contributed by atoms with van der Waals surface area (Å²) in [5.41, 5.74) is 1.72. The number of nitrogens with zero attached hydrogens (tertiary/aromatic N) is 3. The van der Waals surface area contributed by atoms with Crippen LogP contribution in [0, 0.1) is 18.7 Å². The van der Waals surface area contributed by atoms with Crippen LogP contribution in [0.25, 0.3) is 0 Å². The average Bonchev–Trinajstić information content (AvgIpc) is 3.11. The molecule has 1 unspecified atom stereocenters. The zero-order valence-electron chi connectivity index (χ0n) is 18.4. The number of rotatable bonds is 8. The van der Waals surface area contributed by atoms with Gasteiger partial charge in [0.1, 0.15) is 5.82 Å². The molecule has 2 aromatic carbocycles. The minimum absolute atomic E-state index is 0.0440. The van der Waals surface area contributed by atoms with Gasteiger partial charge >= 0.3 is 0 Å². The van der Waals surface area contributed by atoms with Crippen molar-refractivity contribution in [2.24, 2.45) is 13.0 Å². The highest BCUT2D eigenvalue weighted by Gasteiger charge is 2.25. The van der Waals surface area contributed by atoms with Crippen LogP contribution in [0.1, 0.15) is 41.6 Å². The molecule has 0 aliphatic carbocycles. The van der Waals surface area contributed by atoms with Crippen LogP contribution in [0.4, 0.5) is 10.1 Å². The number of aromatic nitrogens is 3. The van der Waals surface area contributed by atoms with Crippen LogP contribution in [-0.4, -0.2) is 32.3 Å². The molecule has 0 fully saturated rings. The Hall–Kier alpha value is -3.20. The molecule has 0 spiro atoms. The number of nitrogens with one attached hydrogen (secondary N) is 2. The number of benzene rings is 2. The van der Waals surface area contributed by atoms with Crippen LogP contribution in [-0.2, 0) is 11.8 Å². The second-order valence-electron chi connectivity index (χ2n) is 7.78. The van der Waals surface area contributed by atoms with Crippen molar-refractivity contribution >= 4 is 29.3 Å². The predicted molar refractivity (Wildman–Crippen MR) is 123 cm³/mol. The fourth-order valence-corrected chi connectivity index (χ4v) is 3.86. The molecular formula is C23H26FN5O2S. The second kappa shape index (κ2) is 10.4. The number of anilines is 1. The summed E-state index contributed by atoms with van der Waals surface area (Å²) in [5, 5.41) is 14.6. The van der Waals surface area contributed by atoms with E-state index in [-0.39, 0.29) is 35.2 Å². The maximum absolute atomic E-state index is 13.7. The fourth-order valence-electron chi connectivity index (χ4n) is 3.14. The molecule has 1 heterocycles. The number of halogens is 1.